The lowest BCUT2D eigenvalue weighted by atomic mass is 10.3. The number of hydrogen-bond donors (Lipinski definition) is 2. The van der Waals surface area contributed by atoms with Crippen LogP contribution in [0, 0.1) is 0 Å². The van der Waals surface area contributed by atoms with Crippen LogP contribution in [0.4, 0.5) is 0 Å². The highest BCUT2D eigenvalue weighted by Gasteiger charge is 1.99. The third kappa shape index (κ3) is 7.78. The van der Waals surface area contributed by atoms with Crippen molar-refractivity contribution in [2.24, 2.45) is 0 Å². The molecule has 1 unspecified atom stereocenters. The quantitative estimate of drug-likeness (QED) is 0.570. The average molecular weight is 160 g/mol. The molecule has 3 heteroatoms. The zero-order valence-corrected chi connectivity index (χ0v) is 7.80. The van der Waals surface area contributed by atoms with Gasteiger partial charge in [-0.25, -0.2) is 0 Å². The van der Waals surface area contributed by atoms with Crippen LogP contribution in [-0.2, 0) is 0 Å². The molecule has 0 aliphatic carbocycles. The van der Waals surface area contributed by atoms with Gasteiger partial charge in [-0.1, -0.05) is 0 Å². The smallest absolute Gasteiger partial charge is 0.0524 e. The van der Waals surface area contributed by atoms with E-state index in [1.807, 2.05) is 14.0 Å². The highest BCUT2D eigenvalue weighted by atomic mass is 16.3. The van der Waals surface area contributed by atoms with Crippen molar-refractivity contribution in [3.63, 3.8) is 0 Å². The summed E-state index contributed by atoms with van der Waals surface area (Å²) < 4.78 is 0. The minimum absolute atomic E-state index is 0.174. The van der Waals surface area contributed by atoms with E-state index in [0.29, 0.717) is 0 Å². The number of hydrogen-bond acceptors (Lipinski definition) is 3. The van der Waals surface area contributed by atoms with Gasteiger partial charge in [-0.05, 0) is 27.4 Å². The van der Waals surface area contributed by atoms with Gasteiger partial charge in [-0.3, -0.25) is 0 Å². The maximum Gasteiger partial charge on any atom is 0.0524 e. The number of likely N-dealkylation sites (N-methyl/N-ethyl adjacent to an activating group) is 2. The third-order valence-electron chi connectivity index (χ3n) is 1.67. The van der Waals surface area contributed by atoms with E-state index in [-0.39, 0.29) is 6.10 Å². The number of nitrogens with zero attached hydrogens (tertiary/aromatic N) is 1. The Morgan fingerprint density at radius 2 is 2.09 bits per heavy atom. The van der Waals surface area contributed by atoms with Crippen molar-refractivity contribution in [1.82, 2.24) is 10.2 Å². The predicted octanol–water partition coefficient (Wildman–Crippen LogP) is -0.0915. The molecule has 68 valence electrons. The van der Waals surface area contributed by atoms with Crippen LogP contribution in [0.15, 0.2) is 0 Å². The Balaban J connectivity index is 3.15. The van der Waals surface area contributed by atoms with Crippen LogP contribution in [0.1, 0.15) is 13.3 Å². The second-order valence-corrected chi connectivity index (χ2v) is 3.04. The summed E-state index contributed by atoms with van der Waals surface area (Å²) in [6.45, 7) is 4.85. The van der Waals surface area contributed by atoms with Crippen LogP contribution in [0.3, 0.4) is 0 Å². The van der Waals surface area contributed by atoms with Gasteiger partial charge in [0, 0.05) is 19.6 Å². The van der Waals surface area contributed by atoms with Crippen LogP contribution in [0.5, 0.6) is 0 Å². The SMILES string of the molecule is CNCCN(C)CCC(C)O. The van der Waals surface area contributed by atoms with Gasteiger partial charge in [0.1, 0.15) is 0 Å². The maximum atomic E-state index is 8.98. The van der Waals surface area contributed by atoms with Crippen LogP contribution < -0.4 is 5.32 Å². The molecule has 0 bridgehead atoms. The van der Waals surface area contributed by atoms with E-state index >= 15 is 0 Å². The fraction of sp³-hybridized carbons (Fsp3) is 1.00. The highest BCUT2D eigenvalue weighted by molar-refractivity contribution is 4.55. The van der Waals surface area contributed by atoms with Gasteiger partial charge >= 0.3 is 0 Å². The summed E-state index contributed by atoms with van der Waals surface area (Å²) in [6, 6.07) is 0. The second-order valence-electron chi connectivity index (χ2n) is 3.04. The lowest BCUT2D eigenvalue weighted by molar-refractivity contribution is 0.165. The first-order valence-corrected chi connectivity index (χ1v) is 4.18. The van der Waals surface area contributed by atoms with Gasteiger partial charge in [-0.2, -0.15) is 0 Å². The van der Waals surface area contributed by atoms with Gasteiger partial charge in [0.25, 0.3) is 0 Å². The largest absolute Gasteiger partial charge is 0.393 e. The van der Waals surface area contributed by atoms with E-state index in [9.17, 15) is 0 Å². The number of aliphatic hydroxyl groups excluding tert-OH is 1. The Morgan fingerprint density at radius 3 is 2.55 bits per heavy atom. The summed E-state index contributed by atoms with van der Waals surface area (Å²) in [7, 11) is 4.02. The number of nitrogens with one attached hydrogen (secondary N) is 1. The number of rotatable bonds is 6. The summed E-state index contributed by atoms with van der Waals surface area (Å²) in [5, 5.41) is 12.1. The Labute approximate surface area is 69.4 Å². The molecule has 11 heavy (non-hydrogen) atoms. The molecule has 1 atom stereocenters. The summed E-state index contributed by atoms with van der Waals surface area (Å²) in [6.07, 6.45) is 0.687. The Morgan fingerprint density at radius 1 is 1.45 bits per heavy atom. The minimum Gasteiger partial charge on any atom is -0.393 e. The highest BCUT2D eigenvalue weighted by Crippen LogP contribution is 1.91. The van der Waals surface area contributed by atoms with Gasteiger partial charge in [0.2, 0.25) is 0 Å². The summed E-state index contributed by atoms with van der Waals surface area (Å²) in [5.74, 6) is 0. The standard InChI is InChI=1S/C8H20N2O/c1-8(11)4-6-10(3)7-5-9-2/h8-9,11H,4-7H2,1-3H3. The van der Waals surface area contributed by atoms with Crippen LogP contribution in [0.2, 0.25) is 0 Å². The molecule has 0 aromatic rings. The molecule has 0 radical (unpaired) electrons. The summed E-state index contributed by atoms with van der Waals surface area (Å²) in [5.41, 5.74) is 0. The van der Waals surface area contributed by atoms with E-state index in [1.165, 1.54) is 0 Å². The van der Waals surface area contributed by atoms with Crippen molar-refractivity contribution in [2.75, 3.05) is 33.7 Å². The molecule has 0 aromatic carbocycles. The van der Waals surface area contributed by atoms with Crippen molar-refractivity contribution >= 4 is 0 Å². The van der Waals surface area contributed by atoms with Crippen molar-refractivity contribution in [1.29, 1.82) is 0 Å². The molecular formula is C8H20N2O. The zero-order valence-electron chi connectivity index (χ0n) is 7.80. The van der Waals surface area contributed by atoms with E-state index in [4.69, 9.17) is 5.11 Å². The molecule has 0 fully saturated rings. The van der Waals surface area contributed by atoms with Crippen LogP contribution in [0.25, 0.3) is 0 Å². The Bertz CT molecular complexity index is 86.2. The van der Waals surface area contributed by atoms with E-state index < -0.39 is 0 Å². The van der Waals surface area contributed by atoms with E-state index in [0.717, 1.165) is 26.1 Å². The van der Waals surface area contributed by atoms with Crippen LogP contribution >= 0.6 is 0 Å². The summed E-state index contributed by atoms with van der Waals surface area (Å²) >= 11 is 0. The first kappa shape index (κ1) is 10.9. The normalized spacial score (nSPS) is 13.9. The fourth-order valence-electron chi connectivity index (χ4n) is 0.822. The molecule has 0 heterocycles. The molecule has 0 aliphatic heterocycles. The lowest BCUT2D eigenvalue weighted by Crippen LogP contribution is -2.29. The molecule has 0 aromatic heterocycles. The van der Waals surface area contributed by atoms with E-state index in [2.05, 4.69) is 17.3 Å². The Hall–Kier alpha value is -0.120. The zero-order chi connectivity index (χ0) is 8.69. The maximum absolute atomic E-state index is 8.98. The fourth-order valence-corrected chi connectivity index (χ4v) is 0.822. The molecule has 2 N–H and O–H groups in total. The molecule has 0 spiro atoms. The Kier molecular flexibility index (Phi) is 6.51. The van der Waals surface area contributed by atoms with Crippen molar-refractivity contribution < 1.29 is 5.11 Å². The van der Waals surface area contributed by atoms with Crippen molar-refractivity contribution in [2.45, 2.75) is 19.4 Å². The molecule has 0 saturated carbocycles. The molecule has 0 rings (SSSR count). The molecule has 0 saturated heterocycles. The third-order valence-corrected chi connectivity index (χ3v) is 1.67. The lowest BCUT2D eigenvalue weighted by Gasteiger charge is -2.16. The van der Waals surface area contributed by atoms with Gasteiger partial charge in [0.05, 0.1) is 6.10 Å². The van der Waals surface area contributed by atoms with Gasteiger partial charge in [0.15, 0.2) is 0 Å². The van der Waals surface area contributed by atoms with E-state index in [1.54, 1.807) is 0 Å². The minimum atomic E-state index is -0.174. The van der Waals surface area contributed by atoms with Crippen LogP contribution in [-0.4, -0.2) is 49.8 Å². The molecule has 0 amide bonds. The monoisotopic (exact) mass is 160 g/mol. The van der Waals surface area contributed by atoms with Gasteiger partial charge in [-0.15, -0.1) is 0 Å². The number of aliphatic hydroxyl groups is 1. The first-order chi connectivity index (χ1) is 5.16. The summed E-state index contributed by atoms with van der Waals surface area (Å²) in [4.78, 5) is 2.21. The predicted molar refractivity (Wildman–Crippen MR) is 47.7 cm³/mol. The second kappa shape index (κ2) is 6.58. The first-order valence-electron chi connectivity index (χ1n) is 4.18. The molecule has 0 aliphatic rings. The van der Waals surface area contributed by atoms with Crippen molar-refractivity contribution in [3.05, 3.63) is 0 Å². The van der Waals surface area contributed by atoms with Crippen molar-refractivity contribution in [3.8, 4) is 0 Å². The van der Waals surface area contributed by atoms with Gasteiger partial charge < -0.3 is 15.3 Å². The molecule has 3 nitrogen and oxygen atoms in total. The molecular weight excluding hydrogens is 140 g/mol. The topological polar surface area (TPSA) is 35.5 Å². The average Bonchev–Trinajstić information content (AvgIpc) is 1.97.